The summed E-state index contributed by atoms with van der Waals surface area (Å²) in [6.45, 7) is 3.10. The van der Waals surface area contributed by atoms with Crippen molar-refractivity contribution < 1.29 is 9.90 Å². The molecule has 0 spiro atoms. The van der Waals surface area contributed by atoms with E-state index in [4.69, 9.17) is 16.2 Å². The highest BCUT2D eigenvalue weighted by molar-refractivity contribution is 7.19. The highest BCUT2D eigenvalue weighted by Gasteiger charge is 2.23. The smallest absolute Gasteiger partial charge is 0.209 e. The van der Waals surface area contributed by atoms with E-state index in [1.807, 2.05) is 18.2 Å². The second kappa shape index (κ2) is 11.0. The molecule has 0 saturated carbocycles. The molecule has 1 amide bonds. The normalized spacial score (nSPS) is 14.8. The van der Waals surface area contributed by atoms with Crippen molar-refractivity contribution in [2.75, 3.05) is 31.2 Å². The van der Waals surface area contributed by atoms with E-state index < -0.39 is 0 Å². The molecule has 0 aliphatic heterocycles. The van der Waals surface area contributed by atoms with Crippen molar-refractivity contribution in [2.24, 2.45) is 5.92 Å². The minimum atomic E-state index is 0.151. The predicted octanol–water partition coefficient (Wildman–Crippen LogP) is 3.60. The number of thiophene rings is 1. The van der Waals surface area contributed by atoms with Crippen LogP contribution in [0.5, 0.6) is 0 Å². The molecule has 0 fully saturated rings. The van der Waals surface area contributed by atoms with Gasteiger partial charge >= 0.3 is 0 Å². The molecule has 4 rings (SSSR count). The summed E-state index contributed by atoms with van der Waals surface area (Å²) in [5, 5.41) is 20.3. The van der Waals surface area contributed by atoms with Gasteiger partial charge in [-0.05, 0) is 55.4 Å². The molecular weight excluding hydrogens is 424 g/mol. The number of benzene rings is 1. The topological polar surface area (TPSA) is 128 Å². The lowest BCUT2D eigenvalue weighted by Gasteiger charge is -2.18. The summed E-state index contributed by atoms with van der Waals surface area (Å²) in [6, 6.07) is 5.60. The number of aryl methyl sites for hydroxylation is 1. The Bertz CT molecular complexity index is 1080. The largest absolute Gasteiger partial charge is 0.398 e. The maximum Gasteiger partial charge on any atom is 0.209 e. The monoisotopic (exact) mass is 454 g/mol. The molecule has 1 unspecified atom stereocenters. The first-order chi connectivity index (χ1) is 15.5. The number of carbonyl (C=O) groups excluding carboxylic acids is 1. The Morgan fingerprint density at radius 2 is 2.22 bits per heavy atom. The zero-order valence-electron chi connectivity index (χ0n) is 18.5. The maximum atomic E-state index is 9.85. The third kappa shape index (κ3) is 5.60. The summed E-state index contributed by atoms with van der Waals surface area (Å²) in [5.74, 6) is 1.58. The van der Waals surface area contributed by atoms with E-state index in [1.165, 1.54) is 28.0 Å². The predicted molar refractivity (Wildman–Crippen MR) is 131 cm³/mol. The third-order valence-electron chi connectivity index (χ3n) is 5.45. The fourth-order valence-corrected chi connectivity index (χ4v) is 5.01. The van der Waals surface area contributed by atoms with Crippen molar-refractivity contribution in [1.29, 1.82) is 5.41 Å². The molecule has 1 aliphatic rings. The summed E-state index contributed by atoms with van der Waals surface area (Å²) in [4.78, 5) is 22.8. The third-order valence-corrected chi connectivity index (χ3v) is 6.61. The maximum absolute atomic E-state index is 9.85. The Morgan fingerprint density at radius 3 is 2.94 bits per heavy atom. The van der Waals surface area contributed by atoms with Crippen LogP contribution >= 0.6 is 11.3 Å². The number of hydrogen-bond donors (Lipinski definition) is 4. The summed E-state index contributed by atoms with van der Waals surface area (Å²) in [6.07, 6.45) is 7.73. The molecular formula is C23H30N6O2S. The zero-order chi connectivity index (χ0) is 23.1. The van der Waals surface area contributed by atoms with Gasteiger partial charge in [-0.3, -0.25) is 4.79 Å². The quantitative estimate of drug-likeness (QED) is 0.245. The van der Waals surface area contributed by atoms with Crippen LogP contribution in [0.1, 0.15) is 35.8 Å². The number of nitrogen functional groups attached to an aromatic ring is 1. The minimum Gasteiger partial charge on any atom is -0.398 e. The van der Waals surface area contributed by atoms with Crippen LogP contribution in [0.4, 0.5) is 17.2 Å². The van der Waals surface area contributed by atoms with Crippen LogP contribution in [0.3, 0.4) is 0 Å². The van der Waals surface area contributed by atoms with Gasteiger partial charge in [0.1, 0.15) is 17.0 Å². The minimum absolute atomic E-state index is 0.151. The molecule has 170 valence electrons. The number of nitrogens with zero attached hydrogens (tertiary/aromatic N) is 3. The van der Waals surface area contributed by atoms with Gasteiger partial charge in [-0.15, -0.1) is 11.3 Å². The van der Waals surface area contributed by atoms with Crippen molar-refractivity contribution in [1.82, 2.24) is 14.9 Å². The number of aliphatic hydroxyl groups excluding tert-OH is 1. The Morgan fingerprint density at radius 1 is 1.41 bits per heavy atom. The van der Waals surface area contributed by atoms with Gasteiger partial charge in [0.25, 0.3) is 0 Å². The summed E-state index contributed by atoms with van der Waals surface area (Å²) < 4.78 is 0. The van der Waals surface area contributed by atoms with Crippen LogP contribution < -0.4 is 11.1 Å². The van der Waals surface area contributed by atoms with E-state index in [-0.39, 0.29) is 6.61 Å². The zero-order valence-corrected chi connectivity index (χ0v) is 19.3. The molecule has 5 N–H and O–H groups in total. The number of anilines is 3. The van der Waals surface area contributed by atoms with Gasteiger partial charge in [0.05, 0.1) is 5.39 Å². The number of amides is 1. The standard InChI is InChI=1S/C18H19N5S.C5H11NO2/c1-10-2-4-13-15(6-10)24-18-16(13)17(21-9-22-18)23-12-3-5-14(20)11(7-12)8-19;1-6(5-8)3-2-4-7/h3,5,7-10,19H,2,4,6,20H2,1H3,(H,21,22,23);5,7H,2-4H2,1H3. The molecule has 2 heterocycles. The van der Waals surface area contributed by atoms with E-state index in [9.17, 15) is 4.79 Å². The number of hydrogen-bond acceptors (Lipinski definition) is 8. The van der Waals surface area contributed by atoms with Crippen molar-refractivity contribution in [3.05, 3.63) is 40.5 Å². The van der Waals surface area contributed by atoms with E-state index >= 15 is 0 Å². The lowest BCUT2D eigenvalue weighted by molar-refractivity contribution is -0.117. The molecule has 1 atom stereocenters. The number of rotatable bonds is 7. The SMILES string of the molecule is CC1CCc2c(sc3ncnc(Nc4ccc(N)c(C=N)c4)c23)C1.CN(C=O)CCCO. The lowest BCUT2D eigenvalue weighted by atomic mass is 9.89. The van der Waals surface area contributed by atoms with Crippen LogP contribution in [-0.4, -0.2) is 52.8 Å². The summed E-state index contributed by atoms with van der Waals surface area (Å²) >= 11 is 1.79. The number of nitrogens with two attached hydrogens (primary N) is 1. The van der Waals surface area contributed by atoms with Crippen molar-refractivity contribution in [3.63, 3.8) is 0 Å². The van der Waals surface area contributed by atoms with Crippen LogP contribution in [-0.2, 0) is 17.6 Å². The highest BCUT2D eigenvalue weighted by atomic mass is 32.1. The van der Waals surface area contributed by atoms with Crippen LogP contribution in [0.2, 0.25) is 0 Å². The molecule has 32 heavy (non-hydrogen) atoms. The Labute approximate surface area is 192 Å². The van der Waals surface area contributed by atoms with Crippen molar-refractivity contribution in [3.8, 4) is 0 Å². The number of aromatic nitrogens is 2. The molecule has 1 aromatic carbocycles. The van der Waals surface area contributed by atoms with Crippen LogP contribution in [0, 0.1) is 11.3 Å². The Balaban J connectivity index is 0.000000312. The molecule has 0 saturated heterocycles. The molecule has 0 bridgehead atoms. The molecule has 8 nitrogen and oxygen atoms in total. The molecule has 2 aromatic heterocycles. The second-order valence-corrected chi connectivity index (χ2v) is 9.11. The molecule has 0 radical (unpaired) electrons. The van der Waals surface area contributed by atoms with Crippen molar-refractivity contribution in [2.45, 2.75) is 32.6 Å². The van der Waals surface area contributed by atoms with Gasteiger partial charge in [-0.25, -0.2) is 9.97 Å². The average Bonchev–Trinajstić information content (AvgIpc) is 3.17. The van der Waals surface area contributed by atoms with E-state index in [0.29, 0.717) is 24.2 Å². The van der Waals surface area contributed by atoms with Gasteiger partial charge in [-0.1, -0.05) is 6.92 Å². The van der Waals surface area contributed by atoms with E-state index in [2.05, 4.69) is 22.2 Å². The molecule has 1 aliphatic carbocycles. The second-order valence-electron chi connectivity index (χ2n) is 8.03. The summed E-state index contributed by atoms with van der Waals surface area (Å²) in [7, 11) is 1.68. The summed E-state index contributed by atoms with van der Waals surface area (Å²) in [5.41, 5.74) is 9.45. The highest BCUT2D eigenvalue weighted by Crippen LogP contribution is 2.40. The number of nitrogens with one attached hydrogen (secondary N) is 2. The first-order valence-corrected chi connectivity index (χ1v) is 11.5. The number of carbonyl (C=O) groups is 1. The first-order valence-electron chi connectivity index (χ1n) is 10.7. The lowest BCUT2D eigenvalue weighted by Crippen LogP contribution is -2.17. The van der Waals surface area contributed by atoms with Gasteiger partial charge in [-0.2, -0.15) is 0 Å². The number of aliphatic hydroxyl groups is 1. The fraction of sp³-hybridized carbons (Fsp3) is 0.391. The van der Waals surface area contributed by atoms with Gasteiger partial charge in [0, 0.05) is 48.2 Å². The van der Waals surface area contributed by atoms with Gasteiger partial charge in [0.15, 0.2) is 0 Å². The Kier molecular flexibility index (Phi) is 8.13. The van der Waals surface area contributed by atoms with Crippen LogP contribution in [0.25, 0.3) is 10.2 Å². The Hall–Kier alpha value is -3.04. The first kappa shape index (κ1) is 23.6. The van der Waals surface area contributed by atoms with Gasteiger partial charge < -0.3 is 26.5 Å². The van der Waals surface area contributed by atoms with Crippen LogP contribution in [0.15, 0.2) is 24.5 Å². The molecule has 9 heteroatoms. The number of fused-ring (bicyclic) bond motifs is 3. The average molecular weight is 455 g/mol. The fourth-order valence-electron chi connectivity index (χ4n) is 3.66. The van der Waals surface area contributed by atoms with Gasteiger partial charge in [0.2, 0.25) is 6.41 Å². The van der Waals surface area contributed by atoms with Crippen molar-refractivity contribution >= 4 is 51.4 Å². The molecule has 3 aromatic rings. The van der Waals surface area contributed by atoms with E-state index in [0.717, 1.165) is 46.9 Å². The van der Waals surface area contributed by atoms with E-state index in [1.54, 1.807) is 24.7 Å².